The fourth-order valence-electron chi connectivity index (χ4n) is 6.48. The predicted octanol–water partition coefficient (Wildman–Crippen LogP) is 5.09. The molecule has 3 heterocycles. The Morgan fingerprint density at radius 3 is 2.74 bits per heavy atom. The van der Waals surface area contributed by atoms with Crippen molar-refractivity contribution in [2.24, 2.45) is 11.8 Å². The van der Waals surface area contributed by atoms with E-state index in [2.05, 4.69) is 21.7 Å². The van der Waals surface area contributed by atoms with E-state index >= 15 is 0 Å². The molecule has 7 heteroatoms. The van der Waals surface area contributed by atoms with E-state index in [9.17, 15) is 4.79 Å². The maximum Gasteiger partial charge on any atom is 0.254 e. The number of likely N-dealkylation sites (N-methyl/N-ethyl adjacent to an activating group) is 1. The van der Waals surface area contributed by atoms with Gasteiger partial charge in [-0.2, -0.15) is 0 Å². The summed E-state index contributed by atoms with van der Waals surface area (Å²) in [6.07, 6.45) is 17.4. The van der Waals surface area contributed by atoms with Crippen LogP contribution in [0.1, 0.15) is 77.0 Å². The first-order valence-corrected chi connectivity index (χ1v) is 13.1. The Labute approximate surface area is 202 Å². The second-order valence-electron chi connectivity index (χ2n) is 10.8. The van der Waals surface area contributed by atoms with Crippen LogP contribution in [0.15, 0.2) is 30.6 Å². The number of anilines is 1. The maximum absolute atomic E-state index is 13.4. The van der Waals surface area contributed by atoms with Gasteiger partial charge in [-0.25, -0.2) is 4.98 Å². The first-order chi connectivity index (χ1) is 16.5. The van der Waals surface area contributed by atoms with Gasteiger partial charge in [0.05, 0.1) is 5.52 Å². The van der Waals surface area contributed by atoms with Crippen molar-refractivity contribution < 1.29 is 4.79 Å². The number of pyridine rings is 2. The topological polar surface area (TPSA) is 94.0 Å². The van der Waals surface area contributed by atoms with Gasteiger partial charge in [-0.3, -0.25) is 20.1 Å². The van der Waals surface area contributed by atoms with Crippen LogP contribution >= 0.6 is 0 Å². The molecule has 0 radical (unpaired) electrons. The van der Waals surface area contributed by atoms with Gasteiger partial charge in [0.2, 0.25) is 0 Å². The zero-order valence-corrected chi connectivity index (χ0v) is 20.4. The summed E-state index contributed by atoms with van der Waals surface area (Å²) in [5.41, 5.74) is 0.348. The van der Waals surface area contributed by atoms with Crippen LogP contribution in [0, 0.1) is 17.2 Å². The second kappa shape index (κ2) is 9.88. The summed E-state index contributed by atoms with van der Waals surface area (Å²) in [4.78, 5) is 23.8. The Morgan fingerprint density at radius 1 is 1.12 bits per heavy atom. The molecule has 3 N–H and O–H groups in total. The van der Waals surface area contributed by atoms with Crippen molar-refractivity contribution in [3.05, 3.63) is 30.6 Å². The molecule has 0 unspecified atom stereocenters. The normalized spacial score (nSPS) is 28.3. The Balaban J connectivity index is 1.26. The smallest absolute Gasteiger partial charge is 0.254 e. The number of guanidine groups is 1. The number of carbonyl (C=O) groups excluding carboxylic acids is 1. The van der Waals surface area contributed by atoms with Crippen LogP contribution in [0.4, 0.5) is 5.82 Å². The monoisotopic (exact) mass is 462 g/mol. The van der Waals surface area contributed by atoms with E-state index in [-0.39, 0.29) is 11.9 Å². The number of hydrogen-bond donors (Lipinski definition) is 3. The van der Waals surface area contributed by atoms with E-state index in [0.29, 0.717) is 12.0 Å². The average molecular weight is 463 g/mol. The van der Waals surface area contributed by atoms with E-state index in [1.807, 2.05) is 18.3 Å². The fourth-order valence-corrected chi connectivity index (χ4v) is 6.48. The average Bonchev–Trinajstić information content (AvgIpc) is 3.07. The van der Waals surface area contributed by atoms with Crippen molar-refractivity contribution in [3.63, 3.8) is 0 Å². The van der Waals surface area contributed by atoms with Gasteiger partial charge in [0.1, 0.15) is 11.4 Å². The molecule has 7 nitrogen and oxygen atoms in total. The molecular weight excluding hydrogens is 424 g/mol. The molecule has 2 aliphatic carbocycles. The van der Waals surface area contributed by atoms with E-state index in [1.54, 1.807) is 13.2 Å². The predicted molar refractivity (Wildman–Crippen MR) is 136 cm³/mol. The minimum atomic E-state index is -0.607. The van der Waals surface area contributed by atoms with Crippen molar-refractivity contribution >= 4 is 28.6 Å². The number of hydrogen-bond acceptors (Lipinski definition) is 5. The first-order valence-electron chi connectivity index (χ1n) is 13.1. The largest absolute Gasteiger partial charge is 0.367 e. The Morgan fingerprint density at radius 2 is 1.94 bits per heavy atom. The highest BCUT2D eigenvalue weighted by Gasteiger charge is 2.49. The molecule has 3 aliphatic rings. The summed E-state index contributed by atoms with van der Waals surface area (Å²) in [5.74, 6) is 2.45. The van der Waals surface area contributed by atoms with Crippen LogP contribution in [0.2, 0.25) is 0 Å². The molecule has 3 fully saturated rings. The van der Waals surface area contributed by atoms with Gasteiger partial charge in [0.25, 0.3) is 5.91 Å². The number of fused-ring (bicyclic) bond motifs is 1. The van der Waals surface area contributed by atoms with Crippen LogP contribution in [-0.2, 0) is 4.79 Å². The van der Waals surface area contributed by atoms with Gasteiger partial charge in [0, 0.05) is 30.9 Å². The van der Waals surface area contributed by atoms with Crippen LogP contribution in [0.3, 0.4) is 0 Å². The Kier molecular flexibility index (Phi) is 6.70. The van der Waals surface area contributed by atoms with Crippen LogP contribution in [0.25, 0.3) is 10.9 Å². The highest BCUT2D eigenvalue weighted by Crippen LogP contribution is 2.38. The van der Waals surface area contributed by atoms with Crippen molar-refractivity contribution in [1.29, 1.82) is 5.41 Å². The lowest BCUT2D eigenvalue weighted by molar-refractivity contribution is -0.131. The molecular formula is C27H38N6O. The number of aromatic nitrogens is 2. The van der Waals surface area contributed by atoms with Crippen molar-refractivity contribution in [1.82, 2.24) is 20.2 Å². The summed E-state index contributed by atoms with van der Waals surface area (Å²) in [5, 5.41) is 16.4. The highest BCUT2D eigenvalue weighted by molar-refractivity contribution is 6.07. The first kappa shape index (κ1) is 23.1. The molecule has 2 aromatic heterocycles. The maximum atomic E-state index is 13.4. The summed E-state index contributed by atoms with van der Waals surface area (Å²) in [7, 11) is 1.74. The van der Waals surface area contributed by atoms with Gasteiger partial charge < -0.3 is 10.6 Å². The Hall–Kier alpha value is -2.70. The molecule has 1 aliphatic heterocycles. The van der Waals surface area contributed by atoms with Gasteiger partial charge in [-0.1, -0.05) is 44.9 Å². The van der Waals surface area contributed by atoms with Gasteiger partial charge >= 0.3 is 0 Å². The zero-order chi connectivity index (χ0) is 23.5. The molecule has 34 heavy (non-hydrogen) atoms. The molecule has 5 rings (SSSR count). The number of amides is 1. The number of carbonyl (C=O) groups is 1. The number of nitrogens with zero attached hydrogens (tertiary/aromatic N) is 3. The van der Waals surface area contributed by atoms with Crippen LogP contribution < -0.4 is 10.6 Å². The molecule has 182 valence electrons. The van der Waals surface area contributed by atoms with E-state index in [1.165, 1.54) is 37.0 Å². The van der Waals surface area contributed by atoms with Gasteiger partial charge in [0.15, 0.2) is 5.96 Å². The van der Waals surface area contributed by atoms with Crippen molar-refractivity contribution in [2.45, 2.75) is 88.6 Å². The Bertz CT molecular complexity index is 1030. The van der Waals surface area contributed by atoms with E-state index in [4.69, 9.17) is 10.4 Å². The minimum absolute atomic E-state index is 0.0909. The van der Waals surface area contributed by atoms with Crippen molar-refractivity contribution in [2.75, 3.05) is 12.4 Å². The lowest BCUT2D eigenvalue weighted by Crippen LogP contribution is -2.49. The van der Waals surface area contributed by atoms with Crippen molar-refractivity contribution in [3.8, 4) is 0 Å². The number of rotatable bonds is 7. The summed E-state index contributed by atoms with van der Waals surface area (Å²) in [6.45, 7) is 0. The lowest BCUT2D eigenvalue weighted by atomic mass is 9.74. The molecule has 2 aromatic rings. The third-order valence-electron chi connectivity index (χ3n) is 8.37. The quantitative estimate of drug-likeness (QED) is 0.533. The summed E-state index contributed by atoms with van der Waals surface area (Å²) < 4.78 is 0. The molecule has 0 aromatic carbocycles. The number of nitrogens with one attached hydrogen (secondary N) is 3. The summed E-state index contributed by atoms with van der Waals surface area (Å²) >= 11 is 0. The lowest BCUT2D eigenvalue weighted by Gasteiger charge is -2.37. The minimum Gasteiger partial charge on any atom is -0.367 e. The molecule has 0 spiro atoms. The highest BCUT2D eigenvalue weighted by atomic mass is 16.2. The SMILES string of the molecule is CN1C(=N)N[C@](CCC2CCCCC2)(C[C@H]2CCC[C@@H](Nc3ccc4cnccc4n3)C2)C1=O. The van der Waals surface area contributed by atoms with Crippen LogP contribution in [0.5, 0.6) is 0 Å². The standard InChI is InChI=1S/C27H38N6O/c1-33-25(34)27(32-26(33)28,14-12-19-6-3-2-4-7-19)17-20-8-5-9-22(16-20)30-24-11-10-21-18-29-15-13-23(21)31-24/h10-11,13,15,18-20,22H,2-9,12,14,16-17H2,1H3,(H2,28,32)(H,30,31)/t20-,22+,27+/m0/s1. The van der Waals surface area contributed by atoms with E-state index < -0.39 is 5.54 Å². The van der Waals surface area contributed by atoms with Gasteiger partial charge in [-0.15, -0.1) is 0 Å². The summed E-state index contributed by atoms with van der Waals surface area (Å²) in [6, 6.07) is 6.41. The van der Waals surface area contributed by atoms with Gasteiger partial charge in [-0.05, 0) is 62.1 Å². The second-order valence-corrected chi connectivity index (χ2v) is 10.8. The van der Waals surface area contributed by atoms with E-state index in [0.717, 1.165) is 67.6 Å². The molecule has 0 bridgehead atoms. The van der Waals surface area contributed by atoms with Crippen LogP contribution in [-0.4, -0.2) is 45.4 Å². The third-order valence-corrected chi connectivity index (χ3v) is 8.37. The zero-order valence-electron chi connectivity index (χ0n) is 20.4. The third kappa shape index (κ3) is 4.89. The molecule has 1 saturated heterocycles. The molecule has 3 atom stereocenters. The molecule has 1 amide bonds. The molecule has 2 saturated carbocycles. The fraction of sp³-hybridized carbons (Fsp3) is 0.630.